The number of hydrogen-bond acceptors (Lipinski definition) is 7. The Kier molecular flexibility index (Phi) is 5.51. The summed E-state index contributed by atoms with van der Waals surface area (Å²) in [6.07, 6.45) is 0.880. The van der Waals surface area contributed by atoms with Crippen LogP contribution in [0.1, 0.15) is 29.4 Å². The van der Waals surface area contributed by atoms with Crippen molar-refractivity contribution in [1.82, 2.24) is 4.31 Å². The van der Waals surface area contributed by atoms with Crippen molar-refractivity contribution in [3.05, 3.63) is 10.9 Å². The topological polar surface area (TPSA) is 110 Å². The largest absolute Gasteiger partial charge is 0.494 e. The smallest absolute Gasteiger partial charge is 0.348 e. The van der Waals surface area contributed by atoms with Crippen LogP contribution in [0.3, 0.4) is 0 Å². The van der Waals surface area contributed by atoms with Crippen LogP contribution < -0.4 is 4.74 Å². The molecule has 1 aliphatic heterocycles. The first-order valence-electron chi connectivity index (χ1n) is 7.23. The van der Waals surface area contributed by atoms with E-state index < -0.39 is 27.9 Å². The Morgan fingerprint density at radius 2 is 2.00 bits per heavy atom. The molecule has 134 valence electrons. The predicted molar refractivity (Wildman–Crippen MR) is 85.9 cm³/mol. The molecule has 24 heavy (non-hydrogen) atoms. The van der Waals surface area contributed by atoms with Crippen LogP contribution in [0.2, 0.25) is 0 Å². The number of ether oxygens (including phenoxy) is 2. The van der Waals surface area contributed by atoms with E-state index in [-0.39, 0.29) is 27.4 Å². The van der Waals surface area contributed by atoms with Gasteiger partial charge in [-0.25, -0.2) is 13.2 Å². The average molecular weight is 377 g/mol. The molecule has 1 aromatic heterocycles. The summed E-state index contributed by atoms with van der Waals surface area (Å²) in [5, 5.41) is 9.18. The molecule has 1 saturated heterocycles. The molecule has 10 heteroatoms. The first-order chi connectivity index (χ1) is 11.2. The number of methoxy groups -OCH3 is 2. The minimum absolute atomic E-state index is 0.0463. The fourth-order valence-electron chi connectivity index (χ4n) is 2.60. The van der Waals surface area contributed by atoms with Gasteiger partial charge in [-0.15, -0.1) is 11.3 Å². The molecule has 0 aliphatic carbocycles. The number of thiophene rings is 1. The number of esters is 1. The van der Waals surface area contributed by atoms with Gasteiger partial charge in [-0.3, -0.25) is 4.79 Å². The highest BCUT2D eigenvalue weighted by atomic mass is 32.2. The fourth-order valence-corrected chi connectivity index (χ4v) is 5.92. The Hall–Kier alpha value is -1.65. The van der Waals surface area contributed by atoms with Crippen LogP contribution in [0.15, 0.2) is 10.3 Å². The zero-order valence-corrected chi connectivity index (χ0v) is 15.1. The van der Waals surface area contributed by atoms with Crippen LogP contribution >= 0.6 is 11.3 Å². The zero-order valence-electron chi connectivity index (χ0n) is 13.5. The van der Waals surface area contributed by atoms with Gasteiger partial charge in [-0.2, -0.15) is 4.31 Å². The summed E-state index contributed by atoms with van der Waals surface area (Å²) >= 11 is 0.752. The van der Waals surface area contributed by atoms with Crippen LogP contribution in [0.5, 0.6) is 5.75 Å². The maximum atomic E-state index is 13.0. The molecule has 1 aromatic rings. The van der Waals surface area contributed by atoms with Crippen LogP contribution in [-0.4, -0.2) is 56.6 Å². The molecule has 1 N–H and O–H groups in total. The highest BCUT2D eigenvalue weighted by Crippen LogP contribution is 2.38. The lowest BCUT2D eigenvalue weighted by Crippen LogP contribution is -2.47. The lowest BCUT2D eigenvalue weighted by molar-refractivity contribution is -0.143. The molecule has 8 nitrogen and oxygen atoms in total. The second-order valence-corrected chi connectivity index (χ2v) is 8.63. The van der Waals surface area contributed by atoms with Crippen LogP contribution in [0.25, 0.3) is 0 Å². The van der Waals surface area contributed by atoms with Crippen molar-refractivity contribution in [2.24, 2.45) is 5.92 Å². The van der Waals surface area contributed by atoms with E-state index in [2.05, 4.69) is 4.74 Å². The molecule has 2 atom stereocenters. The summed E-state index contributed by atoms with van der Waals surface area (Å²) in [5.41, 5.74) is 0. The van der Waals surface area contributed by atoms with Gasteiger partial charge in [0.15, 0.2) is 9.96 Å². The summed E-state index contributed by atoms with van der Waals surface area (Å²) in [6, 6.07) is 0.978. The van der Waals surface area contributed by atoms with Crippen molar-refractivity contribution in [2.45, 2.75) is 30.0 Å². The Bertz CT molecular complexity index is 740. The monoisotopic (exact) mass is 377 g/mol. The van der Waals surface area contributed by atoms with E-state index in [9.17, 15) is 23.1 Å². The van der Waals surface area contributed by atoms with Gasteiger partial charge in [-0.1, -0.05) is 0 Å². The van der Waals surface area contributed by atoms with Crippen molar-refractivity contribution in [3.8, 4) is 5.75 Å². The lowest BCUT2D eigenvalue weighted by Gasteiger charge is -2.35. The number of sulfonamides is 1. The number of nitrogens with zero attached hydrogens (tertiary/aromatic N) is 1. The van der Waals surface area contributed by atoms with Crippen LogP contribution in [0, 0.1) is 5.92 Å². The Morgan fingerprint density at radius 3 is 2.54 bits per heavy atom. The number of carbonyl (C=O) groups excluding carboxylic acids is 1. The van der Waals surface area contributed by atoms with E-state index in [0.29, 0.717) is 12.8 Å². The van der Waals surface area contributed by atoms with E-state index in [1.165, 1.54) is 24.6 Å². The molecule has 0 amide bonds. The molecular weight excluding hydrogens is 358 g/mol. The third-order valence-electron chi connectivity index (χ3n) is 3.99. The SMILES string of the molecule is COC(=O)c1cc(OC)c(S(=O)(=O)N2CC(C(=O)O)CCC2C)s1. The highest BCUT2D eigenvalue weighted by Gasteiger charge is 2.40. The van der Waals surface area contributed by atoms with Gasteiger partial charge in [-0.05, 0) is 19.8 Å². The van der Waals surface area contributed by atoms with E-state index in [1.54, 1.807) is 6.92 Å². The Labute approximate surface area is 144 Å². The minimum atomic E-state index is -3.99. The average Bonchev–Trinajstić information content (AvgIpc) is 2.99. The first-order valence-corrected chi connectivity index (χ1v) is 9.48. The number of piperidine rings is 1. The van der Waals surface area contributed by atoms with E-state index in [4.69, 9.17) is 4.74 Å². The third kappa shape index (κ3) is 3.40. The number of carboxylic acids is 1. The van der Waals surface area contributed by atoms with E-state index >= 15 is 0 Å². The van der Waals surface area contributed by atoms with Crippen molar-refractivity contribution < 1.29 is 32.6 Å². The van der Waals surface area contributed by atoms with Gasteiger partial charge in [0.2, 0.25) is 0 Å². The summed E-state index contributed by atoms with van der Waals surface area (Å²) in [7, 11) is -1.48. The third-order valence-corrected chi connectivity index (χ3v) is 7.56. The Balaban J connectivity index is 2.43. The molecule has 0 saturated carbocycles. The molecule has 0 radical (unpaired) electrons. The maximum absolute atomic E-state index is 13.0. The molecule has 1 fully saturated rings. The molecule has 0 spiro atoms. The van der Waals surface area contributed by atoms with Gasteiger partial charge >= 0.3 is 11.9 Å². The predicted octanol–water partition coefficient (Wildman–Crippen LogP) is 1.42. The van der Waals surface area contributed by atoms with Crippen LogP contribution in [-0.2, 0) is 19.6 Å². The van der Waals surface area contributed by atoms with E-state index in [0.717, 1.165) is 11.3 Å². The van der Waals surface area contributed by atoms with Crippen molar-refractivity contribution in [1.29, 1.82) is 0 Å². The maximum Gasteiger partial charge on any atom is 0.348 e. The number of carboxylic acid groups (broad SMARTS) is 1. The van der Waals surface area contributed by atoms with Gasteiger partial charge in [0.25, 0.3) is 10.0 Å². The molecule has 2 unspecified atom stereocenters. The quantitative estimate of drug-likeness (QED) is 0.773. The zero-order chi connectivity index (χ0) is 18.1. The molecule has 2 heterocycles. The summed E-state index contributed by atoms with van der Waals surface area (Å²) < 4.78 is 36.7. The van der Waals surface area contributed by atoms with Gasteiger partial charge in [0.1, 0.15) is 4.88 Å². The number of aliphatic carboxylic acids is 1. The molecule has 0 bridgehead atoms. The highest BCUT2D eigenvalue weighted by molar-refractivity contribution is 7.91. The molecule has 0 aromatic carbocycles. The summed E-state index contributed by atoms with van der Waals surface area (Å²) in [5.74, 6) is -2.38. The van der Waals surface area contributed by atoms with Gasteiger partial charge in [0.05, 0.1) is 20.1 Å². The second kappa shape index (κ2) is 7.08. The van der Waals surface area contributed by atoms with E-state index in [1.807, 2.05) is 0 Å². The minimum Gasteiger partial charge on any atom is -0.494 e. The number of hydrogen-bond donors (Lipinski definition) is 1. The van der Waals surface area contributed by atoms with Gasteiger partial charge < -0.3 is 14.6 Å². The lowest BCUT2D eigenvalue weighted by atomic mass is 9.96. The van der Waals surface area contributed by atoms with Crippen molar-refractivity contribution >= 4 is 33.3 Å². The first kappa shape index (κ1) is 18.7. The summed E-state index contributed by atoms with van der Waals surface area (Å²) in [4.78, 5) is 23.0. The summed E-state index contributed by atoms with van der Waals surface area (Å²) in [6.45, 7) is 1.63. The normalized spacial score (nSPS) is 22.1. The number of rotatable bonds is 5. The van der Waals surface area contributed by atoms with Crippen LogP contribution in [0.4, 0.5) is 0 Å². The Morgan fingerprint density at radius 1 is 1.33 bits per heavy atom. The van der Waals surface area contributed by atoms with Crippen molar-refractivity contribution in [3.63, 3.8) is 0 Å². The standard InChI is InChI=1S/C14H19NO7S2/c1-8-4-5-9(12(16)17)7-15(8)24(19,20)14-10(21-2)6-11(23-14)13(18)22-3/h6,8-9H,4-5,7H2,1-3H3,(H,16,17). The van der Waals surface area contributed by atoms with Crippen molar-refractivity contribution in [2.75, 3.05) is 20.8 Å². The van der Waals surface area contributed by atoms with Gasteiger partial charge in [0, 0.05) is 18.7 Å². The number of carbonyl (C=O) groups is 2. The molecule has 2 rings (SSSR count). The molecule has 1 aliphatic rings. The fraction of sp³-hybridized carbons (Fsp3) is 0.571. The molecular formula is C14H19NO7S2. The second-order valence-electron chi connectivity index (χ2n) is 5.49.